The number of halogens is 1. The number of aromatic amines is 1. The average Bonchev–Trinajstić information content (AvgIpc) is 3.03. The summed E-state index contributed by atoms with van der Waals surface area (Å²) in [6.07, 6.45) is 4.37. The molecule has 1 aliphatic rings. The molecule has 1 aliphatic heterocycles. The SMILES string of the molecule is O=C(C[C@@H]1CCCOC1)NCc1cn[nH]c1-c1ccc(Cl)cc1. The monoisotopic (exact) mass is 333 g/mol. The fourth-order valence-electron chi connectivity index (χ4n) is 2.81. The highest BCUT2D eigenvalue weighted by molar-refractivity contribution is 6.30. The van der Waals surface area contributed by atoms with Crippen molar-refractivity contribution in [2.75, 3.05) is 13.2 Å². The first-order valence-corrected chi connectivity index (χ1v) is 8.23. The summed E-state index contributed by atoms with van der Waals surface area (Å²) < 4.78 is 5.41. The van der Waals surface area contributed by atoms with E-state index in [1.54, 1.807) is 6.20 Å². The number of hydrogen-bond acceptors (Lipinski definition) is 3. The smallest absolute Gasteiger partial charge is 0.220 e. The van der Waals surface area contributed by atoms with Gasteiger partial charge in [0.25, 0.3) is 0 Å². The zero-order chi connectivity index (χ0) is 16.1. The summed E-state index contributed by atoms with van der Waals surface area (Å²) in [6.45, 7) is 1.97. The molecule has 0 aliphatic carbocycles. The minimum atomic E-state index is 0.0590. The Balaban J connectivity index is 1.57. The van der Waals surface area contributed by atoms with E-state index in [9.17, 15) is 4.79 Å². The van der Waals surface area contributed by atoms with Crippen molar-refractivity contribution in [3.63, 3.8) is 0 Å². The highest BCUT2D eigenvalue weighted by Gasteiger charge is 2.18. The van der Waals surface area contributed by atoms with Gasteiger partial charge < -0.3 is 10.1 Å². The van der Waals surface area contributed by atoms with Gasteiger partial charge in [0.15, 0.2) is 0 Å². The van der Waals surface area contributed by atoms with E-state index in [1.807, 2.05) is 24.3 Å². The molecule has 0 radical (unpaired) electrons. The molecule has 0 spiro atoms. The van der Waals surface area contributed by atoms with Crippen LogP contribution in [0.3, 0.4) is 0 Å². The van der Waals surface area contributed by atoms with Crippen molar-refractivity contribution in [1.29, 1.82) is 0 Å². The molecule has 6 heteroatoms. The third-order valence-corrected chi connectivity index (χ3v) is 4.31. The van der Waals surface area contributed by atoms with Gasteiger partial charge in [0, 0.05) is 36.8 Å². The van der Waals surface area contributed by atoms with Crippen molar-refractivity contribution in [3.05, 3.63) is 41.0 Å². The van der Waals surface area contributed by atoms with Gasteiger partial charge in [0.1, 0.15) is 0 Å². The second-order valence-electron chi connectivity index (χ2n) is 5.84. The van der Waals surface area contributed by atoms with Crippen LogP contribution in [-0.2, 0) is 16.1 Å². The molecule has 2 heterocycles. The molecule has 0 unspecified atom stereocenters. The predicted octanol–water partition coefficient (Wildman–Crippen LogP) is 3.16. The standard InChI is InChI=1S/C17H20ClN3O2/c18-15-5-3-13(4-6-15)17-14(10-20-21-17)9-19-16(22)8-12-2-1-7-23-11-12/h3-6,10,12H,1-2,7-9,11H2,(H,19,22)(H,20,21)/t12-/m0/s1. The first-order chi connectivity index (χ1) is 11.2. The highest BCUT2D eigenvalue weighted by atomic mass is 35.5. The van der Waals surface area contributed by atoms with Crippen molar-refractivity contribution in [2.24, 2.45) is 5.92 Å². The van der Waals surface area contributed by atoms with Crippen molar-refractivity contribution in [3.8, 4) is 11.3 Å². The quantitative estimate of drug-likeness (QED) is 0.883. The van der Waals surface area contributed by atoms with E-state index in [-0.39, 0.29) is 5.91 Å². The van der Waals surface area contributed by atoms with Gasteiger partial charge in [0.05, 0.1) is 11.9 Å². The Morgan fingerprint density at radius 3 is 2.96 bits per heavy atom. The second kappa shape index (κ2) is 7.62. The van der Waals surface area contributed by atoms with E-state index >= 15 is 0 Å². The van der Waals surface area contributed by atoms with Gasteiger partial charge in [-0.25, -0.2) is 0 Å². The van der Waals surface area contributed by atoms with Gasteiger partial charge in [0.2, 0.25) is 5.91 Å². The van der Waals surface area contributed by atoms with Gasteiger partial charge >= 0.3 is 0 Å². The summed E-state index contributed by atoms with van der Waals surface area (Å²) in [6, 6.07) is 7.54. The summed E-state index contributed by atoms with van der Waals surface area (Å²) in [4.78, 5) is 12.1. The average molecular weight is 334 g/mol. The van der Waals surface area contributed by atoms with E-state index in [0.29, 0.717) is 30.5 Å². The van der Waals surface area contributed by atoms with Crippen LogP contribution >= 0.6 is 11.6 Å². The number of H-pyrrole nitrogens is 1. The molecule has 1 fully saturated rings. The molecule has 1 amide bonds. The van der Waals surface area contributed by atoms with E-state index in [1.165, 1.54) is 0 Å². The number of amides is 1. The Bertz CT molecular complexity index is 648. The molecule has 1 saturated heterocycles. The molecular weight excluding hydrogens is 314 g/mol. The van der Waals surface area contributed by atoms with Crippen LogP contribution in [0.2, 0.25) is 5.02 Å². The van der Waals surface area contributed by atoms with Gasteiger partial charge in [-0.1, -0.05) is 23.7 Å². The number of rotatable bonds is 5. The van der Waals surface area contributed by atoms with Crippen LogP contribution in [0.4, 0.5) is 0 Å². The lowest BCUT2D eigenvalue weighted by Crippen LogP contribution is -2.28. The Hall–Kier alpha value is -1.85. The minimum absolute atomic E-state index is 0.0590. The number of hydrogen-bond donors (Lipinski definition) is 2. The van der Waals surface area contributed by atoms with E-state index in [4.69, 9.17) is 16.3 Å². The summed E-state index contributed by atoms with van der Waals surface area (Å²) in [7, 11) is 0. The maximum absolute atomic E-state index is 12.1. The van der Waals surface area contributed by atoms with Crippen LogP contribution in [-0.4, -0.2) is 29.3 Å². The number of benzene rings is 1. The highest BCUT2D eigenvalue weighted by Crippen LogP contribution is 2.23. The predicted molar refractivity (Wildman–Crippen MR) is 89.0 cm³/mol. The largest absolute Gasteiger partial charge is 0.381 e. The van der Waals surface area contributed by atoms with Crippen LogP contribution in [0.5, 0.6) is 0 Å². The molecule has 23 heavy (non-hydrogen) atoms. The molecule has 1 aromatic carbocycles. The number of aromatic nitrogens is 2. The zero-order valence-electron chi connectivity index (χ0n) is 12.8. The molecule has 2 aromatic rings. The van der Waals surface area contributed by atoms with Crippen LogP contribution < -0.4 is 5.32 Å². The van der Waals surface area contributed by atoms with Crippen molar-refractivity contribution in [2.45, 2.75) is 25.8 Å². The molecule has 5 nitrogen and oxygen atoms in total. The summed E-state index contributed by atoms with van der Waals surface area (Å²) in [5, 5.41) is 10.7. The fourth-order valence-corrected chi connectivity index (χ4v) is 2.93. The third-order valence-electron chi connectivity index (χ3n) is 4.06. The third kappa shape index (κ3) is 4.33. The zero-order valence-corrected chi connectivity index (χ0v) is 13.6. The van der Waals surface area contributed by atoms with Gasteiger partial charge in [-0.15, -0.1) is 0 Å². The van der Waals surface area contributed by atoms with E-state index in [0.717, 1.165) is 36.3 Å². The number of carbonyl (C=O) groups is 1. The van der Waals surface area contributed by atoms with Crippen molar-refractivity contribution in [1.82, 2.24) is 15.5 Å². The van der Waals surface area contributed by atoms with Gasteiger partial charge in [-0.05, 0) is 36.5 Å². The molecule has 1 atom stereocenters. The lowest BCUT2D eigenvalue weighted by Gasteiger charge is -2.21. The molecule has 1 aromatic heterocycles. The van der Waals surface area contributed by atoms with Crippen molar-refractivity contribution >= 4 is 17.5 Å². The molecular formula is C17H20ClN3O2. The van der Waals surface area contributed by atoms with Crippen LogP contribution in [0.15, 0.2) is 30.5 Å². The summed E-state index contributed by atoms with van der Waals surface area (Å²) >= 11 is 5.92. The fraction of sp³-hybridized carbons (Fsp3) is 0.412. The minimum Gasteiger partial charge on any atom is -0.381 e. The number of nitrogens with one attached hydrogen (secondary N) is 2. The Morgan fingerprint density at radius 1 is 1.39 bits per heavy atom. The number of ether oxygens (including phenoxy) is 1. The Labute approximate surface area is 140 Å². The number of carbonyl (C=O) groups excluding carboxylic acids is 1. The van der Waals surface area contributed by atoms with Crippen molar-refractivity contribution < 1.29 is 9.53 Å². The maximum atomic E-state index is 12.1. The first kappa shape index (κ1) is 16.0. The molecule has 2 N–H and O–H groups in total. The van der Waals surface area contributed by atoms with Gasteiger partial charge in [-0.2, -0.15) is 5.10 Å². The summed E-state index contributed by atoms with van der Waals surface area (Å²) in [5.41, 5.74) is 2.86. The molecule has 0 saturated carbocycles. The molecule has 0 bridgehead atoms. The van der Waals surface area contributed by atoms with Gasteiger partial charge in [-0.3, -0.25) is 9.89 Å². The van der Waals surface area contributed by atoms with E-state index < -0.39 is 0 Å². The van der Waals surface area contributed by atoms with Crippen LogP contribution in [0.1, 0.15) is 24.8 Å². The first-order valence-electron chi connectivity index (χ1n) is 7.85. The van der Waals surface area contributed by atoms with E-state index in [2.05, 4.69) is 15.5 Å². The lowest BCUT2D eigenvalue weighted by atomic mass is 9.98. The summed E-state index contributed by atoms with van der Waals surface area (Å²) in [5.74, 6) is 0.396. The van der Waals surface area contributed by atoms with Crippen LogP contribution in [0.25, 0.3) is 11.3 Å². The Kier molecular flexibility index (Phi) is 5.31. The number of nitrogens with zero attached hydrogens (tertiary/aromatic N) is 1. The maximum Gasteiger partial charge on any atom is 0.220 e. The lowest BCUT2D eigenvalue weighted by molar-refractivity contribution is -0.123. The molecule has 122 valence electrons. The molecule has 3 rings (SSSR count). The topological polar surface area (TPSA) is 67.0 Å². The van der Waals surface area contributed by atoms with Crippen LogP contribution in [0, 0.1) is 5.92 Å². The second-order valence-corrected chi connectivity index (χ2v) is 6.28. The Morgan fingerprint density at radius 2 is 2.22 bits per heavy atom. The normalized spacial score (nSPS) is 17.9.